The van der Waals surface area contributed by atoms with E-state index in [1.54, 1.807) is 37.3 Å². The van der Waals surface area contributed by atoms with E-state index in [-0.39, 0.29) is 19.0 Å². The Morgan fingerprint density at radius 1 is 0.968 bits per heavy atom. The van der Waals surface area contributed by atoms with Gasteiger partial charge in [-0.15, -0.1) is 0 Å². The molecular weight excluding hydrogens is 460 g/mol. The molecule has 0 atom stereocenters. The topological polar surface area (TPSA) is 65.7 Å². The maximum absolute atomic E-state index is 12.7. The Labute approximate surface area is 187 Å². The molecular formula is C25H19BrO5. The quantitative estimate of drug-likeness (QED) is 0.230. The lowest BCUT2D eigenvalue weighted by molar-refractivity contribution is 0.0528. The largest absolute Gasteiger partial charge is 0.485 e. The van der Waals surface area contributed by atoms with Gasteiger partial charge in [0.1, 0.15) is 22.7 Å². The van der Waals surface area contributed by atoms with E-state index in [0.29, 0.717) is 33.6 Å². The van der Waals surface area contributed by atoms with Crippen molar-refractivity contribution < 1.29 is 23.5 Å². The highest BCUT2D eigenvalue weighted by atomic mass is 79.9. The van der Waals surface area contributed by atoms with Gasteiger partial charge >= 0.3 is 5.97 Å². The molecule has 3 aromatic carbocycles. The summed E-state index contributed by atoms with van der Waals surface area (Å²) >= 11 is 3.35. The molecule has 0 saturated heterocycles. The molecule has 4 rings (SSSR count). The molecule has 0 aliphatic rings. The lowest BCUT2D eigenvalue weighted by Crippen LogP contribution is -2.11. The Bertz CT molecular complexity index is 1230. The molecule has 0 spiro atoms. The van der Waals surface area contributed by atoms with Gasteiger partial charge in [0.25, 0.3) is 0 Å². The van der Waals surface area contributed by atoms with Crippen LogP contribution in [0, 0.1) is 0 Å². The summed E-state index contributed by atoms with van der Waals surface area (Å²) < 4.78 is 17.9. The first-order chi connectivity index (χ1) is 15.1. The van der Waals surface area contributed by atoms with Gasteiger partial charge < -0.3 is 13.9 Å². The summed E-state index contributed by atoms with van der Waals surface area (Å²) in [6, 6.07) is 21.6. The molecule has 0 amide bonds. The number of rotatable bonds is 7. The van der Waals surface area contributed by atoms with Crippen LogP contribution in [0.25, 0.3) is 22.3 Å². The Balaban J connectivity index is 1.66. The van der Waals surface area contributed by atoms with E-state index in [2.05, 4.69) is 15.9 Å². The summed E-state index contributed by atoms with van der Waals surface area (Å²) in [6.07, 6.45) is 0. The van der Waals surface area contributed by atoms with E-state index in [1.165, 1.54) is 0 Å². The van der Waals surface area contributed by atoms with Crippen LogP contribution in [0.3, 0.4) is 0 Å². The molecule has 0 aliphatic carbocycles. The number of ether oxygens (including phenoxy) is 2. The molecule has 0 fully saturated rings. The fourth-order valence-corrected chi connectivity index (χ4v) is 3.50. The lowest BCUT2D eigenvalue weighted by atomic mass is 10.1. The summed E-state index contributed by atoms with van der Waals surface area (Å²) in [7, 11) is 0. The summed E-state index contributed by atoms with van der Waals surface area (Å²) in [6.45, 7) is 1.88. The predicted octanol–water partition coefficient (Wildman–Crippen LogP) is 6.30. The standard InChI is InChI=1S/C25H19BrO5/c1-2-29-25(28)23-20-14-19(30-15-21(27)16-8-10-18(26)11-9-16)12-13-22(20)31-24(23)17-6-4-3-5-7-17/h3-14H,2,15H2,1H3. The molecule has 31 heavy (non-hydrogen) atoms. The van der Waals surface area contributed by atoms with E-state index >= 15 is 0 Å². The van der Waals surface area contributed by atoms with E-state index in [0.717, 1.165) is 10.0 Å². The van der Waals surface area contributed by atoms with Crippen LogP contribution in [-0.4, -0.2) is 25.0 Å². The fourth-order valence-electron chi connectivity index (χ4n) is 3.23. The number of fused-ring (bicyclic) bond motifs is 1. The van der Waals surface area contributed by atoms with Crippen LogP contribution in [0.4, 0.5) is 0 Å². The number of esters is 1. The Morgan fingerprint density at radius 3 is 2.42 bits per heavy atom. The number of carbonyl (C=O) groups excluding carboxylic acids is 2. The van der Waals surface area contributed by atoms with Crippen molar-refractivity contribution in [3.63, 3.8) is 0 Å². The molecule has 1 aromatic heterocycles. The third-order valence-electron chi connectivity index (χ3n) is 4.71. The first-order valence-corrected chi connectivity index (χ1v) is 10.6. The van der Waals surface area contributed by atoms with Gasteiger partial charge in [0.05, 0.1) is 6.61 Å². The Hall–Kier alpha value is -3.38. The van der Waals surface area contributed by atoms with Gasteiger partial charge in [-0.3, -0.25) is 4.79 Å². The minimum absolute atomic E-state index is 0.120. The van der Waals surface area contributed by atoms with Crippen molar-refractivity contribution in [1.82, 2.24) is 0 Å². The van der Waals surface area contributed by atoms with Crippen molar-refractivity contribution in [1.29, 1.82) is 0 Å². The molecule has 0 unspecified atom stereocenters. The molecule has 0 aliphatic heterocycles. The second kappa shape index (κ2) is 9.18. The molecule has 5 nitrogen and oxygen atoms in total. The number of hydrogen-bond acceptors (Lipinski definition) is 5. The number of benzene rings is 3. The number of furan rings is 1. The number of ketones is 1. The van der Waals surface area contributed by atoms with Gasteiger partial charge in [0.2, 0.25) is 0 Å². The lowest BCUT2D eigenvalue weighted by Gasteiger charge is -2.06. The first kappa shape index (κ1) is 20.9. The molecule has 6 heteroatoms. The molecule has 156 valence electrons. The zero-order valence-electron chi connectivity index (χ0n) is 16.8. The number of Topliss-reactive ketones (excluding diaryl/α,β-unsaturated/α-hetero) is 1. The second-order valence-electron chi connectivity index (χ2n) is 6.77. The van der Waals surface area contributed by atoms with Crippen molar-refractivity contribution in [2.75, 3.05) is 13.2 Å². The van der Waals surface area contributed by atoms with Gasteiger partial charge in [0.15, 0.2) is 12.4 Å². The molecule has 0 bridgehead atoms. The summed E-state index contributed by atoms with van der Waals surface area (Å²) in [5.41, 5.74) is 2.21. The van der Waals surface area contributed by atoms with E-state index in [1.807, 2.05) is 42.5 Å². The normalized spacial score (nSPS) is 10.8. The molecule has 0 saturated carbocycles. The van der Waals surface area contributed by atoms with Crippen molar-refractivity contribution in [3.8, 4) is 17.1 Å². The Morgan fingerprint density at radius 2 is 1.71 bits per heavy atom. The average molecular weight is 479 g/mol. The van der Waals surface area contributed by atoms with Gasteiger partial charge in [-0.25, -0.2) is 4.79 Å². The van der Waals surface area contributed by atoms with Gasteiger partial charge in [0, 0.05) is 21.0 Å². The first-order valence-electron chi connectivity index (χ1n) is 9.77. The van der Waals surface area contributed by atoms with Crippen molar-refractivity contribution in [3.05, 3.63) is 88.4 Å². The maximum atomic E-state index is 12.7. The SMILES string of the molecule is CCOC(=O)c1c(-c2ccccc2)oc2ccc(OCC(=O)c3ccc(Br)cc3)cc12. The highest BCUT2D eigenvalue weighted by Crippen LogP contribution is 2.36. The van der Waals surface area contributed by atoms with Gasteiger partial charge in [-0.05, 0) is 37.3 Å². The van der Waals surface area contributed by atoms with Crippen LogP contribution in [0.1, 0.15) is 27.6 Å². The highest BCUT2D eigenvalue weighted by Gasteiger charge is 2.23. The fraction of sp³-hybridized carbons (Fsp3) is 0.120. The maximum Gasteiger partial charge on any atom is 0.342 e. The summed E-state index contributed by atoms with van der Waals surface area (Å²) in [4.78, 5) is 25.1. The van der Waals surface area contributed by atoms with Gasteiger partial charge in [-0.1, -0.05) is 58.4 Å². The average Bonchev–Trinajstić information content (AvgIpc) is 3.17. The zero-order chi connectivity index (χ0) is 21.8. The summed E-state index contributed by atoms with van der Waals surface area (Å²) in [5, 5.41) is 0.575. The highest BCUT2D eigenvalue weighted by molar-refractivity contribution is 9.10. The van der Waals surface area contributed by atoms with E-state index in [4.69, 9.17) is 13.9 Å². The minimum atomic E-state index is -0.469. The Kier molecular flexibility index (Phi) is 6.18. The molecule has 0 radical (unpaired) electrons. The zero-order valence-corrected chi connectivity index (χ0v) is 18.3. The predicted molar refractivity (Wildman–Crippen MR) is 122 cm³/mol. The van der Waals surface area contributed by atoms with Crippen LogP contribution in [0.2, 0.25) is 0 Å². The van der Waals surface area contributed by atoms with Crippen molar-refractivity contribution in [2.45, 2.75) is 6.92 Å². The van der Waals surface area contributed by atoms with Crippen LogP contribution >= 0.6 is 15.9 Å². The van der Waals surface area contributed by atoms with E-state index in [9.17, 15) is 9.59 Å². The molecule has 1 heterocycles. The second-order valence-corrected chi connectivity index (χ2v) is 7.69. The third kappa shape index (κ3) is 4.54. The smallest absolute Gasteiger partial charge is 0.342 e. The minimum Gasteiger partial charge on any atom is -0.485 e. The third-order valence-corrected chi connectivity index (χ3v) is 5.24. The molecule has 4 aromatic rings. The van der Waals surface area contributed by atoms with E-state index < -0.39 is 5.97 Å². The van der Waals surface area contributed by atoms with Crippen LogP contribution in [-0.2, 0) is 4.74 Å². The van der Waals surface area contributed by atoms with Crippen molar-refractivity contribution >= 4 is 38.7 Å². The van der Waals surface area contributed by atoms with Crippen LogP contribution < -0.4 is 4.74 Å². The van der Waals surface area contributed by atoms with Gasteiger partial charge in [-0.2, -0.15) is 0 Å². The van der Waals surface area contributed by atoms with Crippen LogP contribution in [0.15, 0.2) is 81.7 Å². The number of hydrogen-bond donors (Lipinski definition) is 0. The number of carbonyl (C=O) groups is 2. The van der Waals surface area contributed by atoms with Crippen LogP contribution in [0.5, 0.6) is 5.75 Å². The molecule has 0 N–H and O–H groups in total. The monoisotopic (exact) mass is 478 g/mol. The summed E-state index contributed by atoms with van der Waals surface area (Å²) in [5.74, 6) is 0.291. The van der Waals surface area contributed by atoms with Crippen molar-refractivity contribution in [2.24, 2.45) is 0 Å². The number of halogens is 1.